The van der Waals surface area contributed by atoms with Crippen molar-refractivity contribution in [3.8, 4) is 0 Å². The first-order valence-corrected chi connectivity index (χ1v) is 8.58. The standard InChI is InChI=1S/C19H32N2/c1-5-12-20-18(15-17-11-7-6-10-16(17)2)19(3,4)21-13-8-9-14-21/h6-7,10-11,18,20H,5,8-9,12-15H2,1-4H3. The summed E-state index contributed by atoms with van der Waals surface area (Å²) in [5.74, 6) is 0. The monoisotopic (exact) mass is 288 g/mol. The minimum Gasteiger partial charge on any atom is -0.312 e. The molecular weight excluding hydrogens is 256 g/mol. The molecule has 0 spiro atoms. The smallest absolute Gasteiger partial charge is 0.0309 e. The van der Waals surface area contributed by atoms with Gasteiger partial charge in [-0.15, -0.1) is 0 Å². The SMILES string of the molecule is CCCNC(Cc1ccccc1C)C(C)(C)N1CCCC1. The highest BCUT2D eigenvalue weighted by atomic mass is 15.2. The number of nitrogens with one attached hydrogen (secondary N) is 1. The van der Waals surface area contributed by atoms with E-state index in [4.69, 9.17) is 0 Å². The summed E-state index contributed by atoms with van der Waals surface area (Å²) in [6.07, 6.45) is 5.03. The van der Waals surface area contributed by atoms with Gasteiger partial charge in [-0.3, -0.25) is 4.90 Å². The number of benzene rings is 1. The molecule has 2 nitrogen and oxygen atoms in total. The highest BCUT2D eigenvalue weighted by molar-refractivity contribution is 5.27. The lowest BCUT2D eigenvalue weighted by molar-refractivity contribution is 0.106. The molecule has 0 bridgehead atoms. The van der Waals surface area contributed by atoms with Crippen molar-refractivity contribution in [3.05, 3.63) is 35.4 Å². The lowest BCUT2D eigenvalue weighted by Gasteiger charge is -2.43. The minimum atomic E-state index is 0.216. The van der Waals surface area contributed by atoms with Crippen molar-refractivity contribution in [2.45, 2.75) is 65.0 Å². The molecule has 1 unspecified atom stereocenters. The first-order chi connectivity index (χ1) is 10.1. The van der Waals surface area contributed by atoms with E-state index in [0.29, 0.717) is 6.04 Å². The summed E-state index contributed by atoms with van der Waals surface area (Å²) in [6, 6.07) is 9.34. The largest absolute Gasteiger partial charge is 0.312 e. The van der Waals surface area contributed by atoms with Gasteiger partial charge < -0.3 is 5.32 Å². The van der Waals surface area contributed by atoms with E-state index in [1.54, 1.807) is 0 Å². The molecule has 1 fully saturated rings. The van der Waals surface area contributed by atoms with E-state index < -0.39 is 0 Å². The highest BCUT2D eigenvalue weighted by Gasteiger charge is 2.36. The zero-order chi connectivity index (χ0) is 15.3. The van der Waals surface area contributed by atoms with Crippen LogP contribution >= 0.6 is 0 Å². The average molecular weight is 288 g/mol. The molecule has 1 saturated heterocycles. The number of rotatable bonds is 7. The second-order valence-corrected chi connectivity index (χ2v) is 6.99. The van der Waals surface area contributed by atoms with Gasteiger partial charge in [0.25, 0.3) is 0 Å². The molecule has 1 heterocycles. The number of hydrogen-bond acceptors (Lipinski definition) is 2. The molecule has 1 aliphatic heterocycles. The van der Waals surface area contributed by atoms with Crippen LogP contribution in [0.5, 0.6) is 0 Å². The molecule has 2 rings (SSSR count). The first kappa shape index (κ1) is 16.5. The molecule has 0 amide bonds. The zero-order valence-corrected chi connectivity index (χ0v) is 14.3. The molecule has 2 heteroatoms. The maximum Gasteiger partial charge on any atom is 0.0309 e. The first-order valence-electron chi connectivity index (χ1n) is 8.58. The maximum atomic E-state index is 3.82. The number of likely N-dealkylation sites (tertiary alicyclic amines) is 1. The maximum absolute atomic E-state index is 3.82. The Kier molecular flexibility index (Phi) is 5.83. The van der Waals surface area contributed by atoms with E-state index in [1.165, 1.54) is 43.5 Å². The summed E-state index contributed by atoms with van der Waals surface area (Å²) in [6.45, 7) is 12.9. The second kappa shape index (κ2) is 7.42. The third-order valence-electron chi connectivity index (χ3n) is 5.10. The topological polar surface area (TPSA) is 15.3 Å². The van der Waals surface area contributed by atoms with Gasteiger partial charge in [-0.05, 0) is 77.2 Å². The van der Waals surface area contributed by atoms with Crippen LogP contribution in [0.15, 0.2) is 24.3 Å². The van der Waals surface area contributed by atoms with Gasteiger partial charge in [-0.2, -0.15) is 0 Å². The predicted octanol–water partition coefficient (Wildman–Crippen LogP) is 3.78. The molecule has 0 saturated carbocycles. The molecule has 0 aromatic heterocycles. The van der Waals surface area contributed by atoms with Crippen LogP contribution in [0.25, 0.3) is 0 Å². The number of aryl methyl sites for hydroxylation is 1. The van der Waals surface area contributed by atoms with Crippen LogP contribution in [-0.2, 0) is 6.42 Å². The molecular formula is C19H32N2. The molecule has 21 heavy (non-hydrogen) atoms. The Morgan fingerprint density at radius 2 is 1.86 bits per heavy atom. The Morgan fingerprint density at radius 1 is 1.19 bits per heavy atom. The van der Waals surface area contributed by atoms with E-state index in [1.807, 2.05) is 0 Å². The van der Waals surface area contributed by atoms with Gasteiger partial charge in [0.15, 0.2) is 0 Å². The Bertz CT molecular complexity index is 433. The Balaban J connectivity index is 2.15. The molecule has 1 aromatic rings. The molecule has 0 radical (unpaired) electrons. The Labute approximate surface area is 130 Å². The summed E-state index contributed by atoms with van der Waals surface area (Å²) in [5.41, 5.74) is 3.12. The number of hydrogen-bond donors (Lipinski definition) is 1. The summed E-state index contributed by atoms with van der Waals surface area (Å²) in [4.78, 5) is 2.68. The van der Waals surface area contributed by atoms with Crippen molar-refractivity contribution < 1.29 is 0 Å². The van der Waals surface area contributed by atoms with Crippen LogP contribution in [0, 0.1) is 6.92 Å². The van der Waals surface area contributed by atoms with Gasteiger partial charge in [0.2, 0.25) is 0 Å². The van der Waals surface area contributed by atoms with E-state index >= 15 is 0 Å². The predicted molar refractivity (Wildman–Crippen MR) is 91.9 cm³/mol. The molecule has 0 aliphatic carbocycles. The highest BCUT2D eigenvalue weighted by Crippen LogP contribution is 2.27. The zero-order valence-electron chi connectivity index (χ0n) is 14.3. The van der Waals surface area contributed by atoms with E-state index in [-0.39, 0.29) is 5.54 Å². The van der Waals surface area contributed by atoms with Gasteiger partial charge >= 0.3 is 0 Å². The number of nitrogens with zero attached hydrogens (tertiary/aromatic N) is 1. The quantitative estimate of drug-likeness (QED) is 0.821. The van der Waals surface area contributed by atoms with E-state index in [2.05, 4.69) is 62.2 Å². The van der Waals surface area contributed by atoms with Gasteiger partial charge in [0.1, 0.15) is 0 Å². The molecule has 118 valence electrons. The molecule has 1 aliphatic rings. The Morgan fingerprint density at radius 3 is 2.48 bits per heavy atom. The summed E-state index contributed by atoms with van der Waals surface area (Å²) in [7, 11) is 0. The second-order valence-electron chi connectivity index (χ2n) is 6.99. The van der Waals surface area contributed by atoms with E-state index in [0.717, 1.165) is 13.0 Å². The van der Waals surface area contributed by atoms with Crippen LogP contribution in [0.2, 0.25) is 0 Å². The van der Waals surface area contributed by atoms with Crippen molar-refractivity contribution in [2.75, 3.05) is 19.6 Å². The fraction of sp³-hybridized carbons (Fsp3) is 0.684. The van der Waals surface area contributed by atoms with Crippen LogP contribution in [-0.4, -0.2) is 36.1 Å². The fourth-order valence-electron chi connectivity index (χ4n) is 3.46. The average Bonchev–Trinajstić information content (AvgIpc) is 3.00. The van der Waals surface area contributed by atoms with Gasteiger partial charge in [0.05, 0.1) is 0 Å². The van der Waals surface area contributed by atoms with Crippen molar-refractivity contribution in [1.29, 1.82) is 0 Å². The Hall–Kier alpha value is -0.860. The molecule has 1 atom stereocenters. The van der Waals surface area contributed by atoms with Gasteiger partial charge in [-0.1, -0.05) is 31.2 Å². The molecule has 1 aromatic carbocycles. The van der Waals surface area contributed by atoms with Crippen molar-refractivity contribution >= 4 is 0 Å². The lowest BCUT2D eigenvalue weighted by Crippen LogP contribution is -2.58. The minimum absolute atomic E-state index is 0.216. The third kappa shape index (κ3) is 4.08. The van der Waals surface area contributed by atoms with Gasteiger partial charge in [0, 0.05) is 11.6 Å². The van der Waals surface area contributed by atoms with Crippen molar-refractivity contribution in [2.24, 2.45) is 0 Å². The van der Waals surface area contributed by atoms with E-state index in [9.17, 15) is 0 Å². The lowest BCUT2D eigenvalue weighted by atomic mass is 9.86. The van der Waals surface area contributed by atoms with Crippen molar-refractivity contribution in [3.63, 3.8) is 0 Å². The molecule has 1 N–H and O–H groups in total. The third-order valence-corrected chi connectivity index (χ3v) is 5.10. The van der Waals surface area contributed by atoms with Crippen LogP contribution < -0.4 is 5.32 Å². The summed E-state index contributed by atoms with van der Waals surface area (Å²) >= 11 is 0. The fourth-order valence-corrected chi connectivity index (χ4v) is 3.46. The van der Waals surface area contributed by atoms with Crippen LogP contribution in [0.3, 0.4) is 0 Å². The summed E-state index contributed by atoms with van der Waals surface area (Å²) < 4.78 is 0. The normalized spacial score (nSPS) is 18.1. The van der Waals surface area contributed by atoms with Crippen molar-refractivity contribution in [1.82, 2.24) is 10.2 Å². The van der Waals surface area contributed by atoms with Gasteiger partial charge in [-0.25, -0.2) is 0 Å². The van der Waals surface area contributed by atoms with Crippen LogP contribution in [0.1, 0.15) is 51.2 Å². The van der Waals surface area contributed by atoms with Crippen LogP contribution in [0.4, 0.5) is 0 Å². The summed E-state index contributed by atoms with van der Waals surface area (Å²) in [5, 5.41) is 3.82.